The van der Waals surface area contributed by atoms with Crippen molar-refractivity contribution in [2.45, 2.75) is 44.7 Å². The highest BCUT2D eigenvalue weighted by Gasteiger charge is 2.29. The van der Waals surface area contributed by atoms with Crippen LogP contribution in [0.15, 0.2) is 24.5 Å². The van der Waals surface area contributed by atoms with Crippen molar-refractivity contribution in [3.05, 3.63) is 35.9 Å². The molecule has 124 valence electrons. The molecule has 2 heterocycles. The van der Waals surface area contributed by atoms with Crippen LogP contribution in [0.5, 0.6) is 0 Å². The Balaban J connectivity index is 1.49. The van der Waals surface area contributed by atoms with E-state index in [1.807, 2.05) is 12.3 Å². The summed E-state index contributed by atoms with van der Waals surface area (Å²) in [7, 11) is 0. The van der Waals surface area contributed by atoms with E-state index in [9.17, 15) is 13.6 Å². The highest BCUT2D eigenvalue weighted by molar-refractivity contribution is 5.75. The summed E-state index contributed by atoms with van der Waals surface area (Å²) in [6, 6.07) is 3.26. The molecule has 0 aromatic carbocycles. The average Bonchev–Trinajstić information content (AvgIpc) is 3.07. The molecule has 0 saturated heterocycles. The summed E-state index contributed by atoms with van der Waals surface area (Å²) in [4.78, 5) is 11.9. The molecule has 0 atom stereocenters. The molecule has 6 nitrogen and oxygen atoms in total. The van der Waals surface area contributed by atoms with Crippen LogP contribution >= 0.6 is 0 Å². The van der Waals surface area contributed by atoms with Gasteiger partial charge in [0.25, 0.3) is 6.43 Å². The topological polar surface area (TPSA) is 64.7 Å². The maximum atomic E-state index is 13.0. The molecular formula is C15H19F2N5O. The minimum Gasteiger partial charge on any atom is -0.354 e. The predicted octanol–water partition coefficient (Wildman–Crippen LogP) is 2.10. The van der Waals surface area contributed by atoms with Crippen molar-refractivity contribution >= 4 is 5.91 Å². The van der Waals surface area contributed by atoms with Crippen LogP contribution in [0, 0.1) is 0 Å². The van der Waals surface area contributed by atoms with Crippen LogP contribution in [-0.4, -0.2) is 32.0 Å². The Kier molecular flexibility index (Phi) is 4.68. The second kappa shape index (κ2) is 6.89. The lowest BCUT2D eigenvalue weighted by molar-refractivity contribution is -0.121. The lowest BCUT2D eigenvalue weighted by Gasteiger charge is -2.08. The van der Waals surface area contributed by atoms with E-state index in [0.717, 1.165) is 23.9 Å². The highest BCUT2D eigenvalue weighted by atomic mass is 19.3. The van der Waals surface area contributed by atoms with Gasteiger partial charge in [0.1, 0.15) is 12.2 Å². The molecular weight excluding hydrogens is 304 g/mol. The second-order valence-corrected chi connectivity index (χ2v) is 5.70. The van der Waals surface area contributed by atoms with Crippen molar-refractivity contribution in [3.63, 3.8) is 0 Å². The average molecular weight is 323 g/mol. The number of hydrogen-bond acceptors (Lipinski definition) is 3. The largest absolute Gasteiger partial charge is 0.354 e. The van der Waals surface area contributed by atoms with Crippen LogP contribution in [0.2, 0.25) is 0 Å². The van der Waals surface area contributed by atoms with Crippen LogP contribution in [-0.2, 0) is 17.9 Å². The number of aromatic nitrogens is 4. The van der Waals surface area contributed by atoms with Crippen molar-refractivity contribution < 1.29 is 13.6 Å². The van der Waals surface area contributed by atoms with Crippen LogP contribution in [0.1, 0.15) is 43.0 Å². The maximum Gasteiger partial charge on any atom is 0.280 e. The fourth-order valence-corrected chi connectivity index (χ4v) is 2.43. The van der Waals surface area contributed by atoms with Crippen LogP contribution in [0.25, 0.3) is 0 Å². The number of hydrogen-bond donors (Lipinski definition) is 1. The number of nitrogens with zero attached hydrogens (tertiary/aromatic N) is 4. The van der Waals surface area contributed by atoms with Crippen molar-refractivity contribution in [2.75, 3.05) is 6.54 Å². The van der Waals surface area contributed by atoms with E-state index < -0.39 is 6.43 Å². The number of carbonyl (C=O) groups excluding carboxylic acids is 1. The summed E-state index contributed by atoms with van der Waals surface area (Å²) < 4.78 is 29.0. The molecule has 0 spiro atoms. The molecule has 1 N–H and O–H groups in total. The van der Waals surface area contributed by atoms with Gasteiger partial charge in [-0.15, -0.1) is 0 Å². The SMILES string of the molecule is O=C(Cn1nc(C2CC2)cc1C(F)F)NCCCn1cccn1. The van der Waals surface area contributed by atoms with Crippen LogP contribution in [0.4, 0.5) is 8.78 Å². The molecule has 2 aromatic heterocycles. The first-order valence-corrected chi connectivity index (χ1v) is 7.73. The fourth-order valence-electron chi connectivity index (χ4n) is 2.43. The van der Waals surface area contributed by atoms with Gasteiger partial charge in [-0.1, -0.05) is 0 Å². The van der Waals surface area contributed by atoms with Gasteiger partial charge in [-0.05, 0) is 31.4 Å². The zero-order valence-electron chi connectivity index (χ0n) is 12.7. The van der Waals surface area contributed by atoms with Gasteiger partial charge in [-0.25, -0.2) is 8.78 Å². The number of aryl methyl sites for hydroxylation is 1. The first-order valence-electron chi connectivity index (χ1n) is 7.73. The van der Waals surface area contributed by atoms with Gasteiger partial charge < -0.3 is 5.32 Å². The predicted molar refractivity (Wildman–Crippen MR) is 79.0 cm³/mol. The van der Waals surface area contributed by atoms with Gasteiger partial charge >= 0.3 is 0 Å². The third-order valence-electron chi connectivity index (χ3n) is 3.79. The third kappa shape index (κ3) is 4.14. The minimum atomic E-state index is -2.62. The standard InChI is InChI=1S/C15H19F2N5O/c16-15(17)13-9-12(11-3-4-11)20-22(13)10-14(23)18-5-1-7-21-8-2-6-19-21/h2,6,8-9,11,15H,1,3-5,7,10H2,(H,18,23). The summed E-state index contributed by atoms with van der Waals surface area (Å²) >= 11 is 0. The van der Waals surface area contributed by atoms with E-state index in [1.54, 1.807) is 10.9 Å². The van der Waals surface area contributed by atoms with Crippen molar-refractivity contribution in [3.8, 4) is 0 Å². The van der Waals surface area contributed by atoms with Crippen LogP contribution < -0.4 is 5.32 Å². The molecule has 3 rings (SSSR count). The Morgan fingerprint density at radius 2 is 2.26 bits per heavy atom. The molecule has 0 bridgehead atoms. The van der Waals surface area contributed by atoms with Gasteiger partial charge in [0.15, 0.2) is 0 Å². The number of alkyl halides is 2. The number of carbonyl (C=O) groups is 1. The molecule has 8 heteroatoms. The molecule has 0 aliphatic heterocycles. The van der Waals surface area contributed by atoms with Gasteiger partial charge in [-0.2, -0.15) is 10.2 Å². The minimum absolute atomic E-state index is 0.172. The summed E-state index contributed by atoms with van der Waals surface area (Å²) in [5, 5.41) is 11.0. The Morgan fingerprint density at radius 1 is 1.43 bits per heavy atom. The van der Waals surface area contributed by atoms with E-state index in [4.69, 9.17) is 0 Å². The summed E-state index contributed by atoms with van der Waals surface area (Å²) in [6.07, 6.45) is 3.61. The summed E-state index contributed by atoms with van der Waals surface area (Å²) in [6.45, 7) is 0.997. The maximum absolute atomic E-state index is 13.0. The van der Waals surface area contributed by atoms with Gasteiger partial charge in [0, 0.05) is 31.4 Å². The number of halogens is 2. The zero-order chi connectivity index (χ0) is 16.2. The first-order chi connectivity index (χ1) is 11.1. The second-order valence-electron chi connectivity index (χ2n) is 5.70. The smallest absolute Gasteiger partial charge is 0.280 e. The van der Waals surface area contributed by atoms with Crippen molar-refractivity contribution in [1.82, 2.24) is 24.9 Å². The molecule has 1 amide bonds. The van der Waals surface area contributed by atoms with E-state index in [1.165, 1.54) is 6.07 Å². The fraction of sp³-hybridized carbons (Fsp3) is 0.533. The number of rotatable bonds is 8. The lowest BCUT2D eigenvalue weighted by Crippen LogP contribution is -2.30. The molecule has 2 aromatic rings. The van der Waals surface area contributed by atoms with E-state index in [0.29, 0.717) is 18.8 Å². The van der Waals surface area contributed by atoms with Crippen LogP contribution in [0.3, 0.4) is 0 Å². The quantitative estimate of drug-likeness (QED) is 0.757. The Hall–Kier alpha value is -2.25. The van der Waals surface area contributed by atoms with Crippen molar-refractivity contribution in [1.29, 1.82) is 0 Å². The Bertz CT molecular complexity index is 649. The molecule has 23 heavy (non-hydrogen) atoms. The lowest BCUT2D eigenvalue weighted by atomic mass is 10.3. The third-order valence-corrected chi connectivity index (χ3v) is 3.79. The summed E-state index contributed by atoms with van der Waals surface area (Å²) in [5.74, 6) is -0.0244. The number of amides is 1. The monoisotopic (exact) mass is 323 g/mol. The van der Waals surface area contributed by atoms with E-state index in [2.05, 4.69) is 15.5 Å². The molecule has 0 radical (unpaired) electrons. The summed E-state index contributed by atoms with van der Waals surface area (Å²) in [5.41, 5.74) is 0.491. The van der Waals surface area contributed by atoms with Gasteiger partial charge in [-0.3, -0.25) is 14.2 Å². The van der Waals surface area contributed by atoms with E-state index >= 15 is 0 Å². The van der Waals surface area contributed by atoms with Crippen molar-refractivity contribution in [2.24, 2.45) is 0 Å². The number of nitrogens with one attached hydrogen (secondary N) is 1. The normalized spacial score (nSPS) is 14.4. The highest BCUT2D eigenvalue weighted by Crippen LogP contribution is 2.40. The Morgan fingerprint density at radius 3 is 2.91 bits per heavy atom. The first kappa shape index (κ1) is 15.6. The molecule has 1 aliphatic carbocycles. The molecule has 1 saturated carbocycles. The Labute approximate surface area is 132 Å². The van der Waals surface area contributed by atoms with Gasteiger partial charge in [0.05, 0.1) is 5.69 Å². The molecule has 0 unspecified atom stereocenters. The van der Waals surface area contributed by atoms with Gasteiger partial charge in [0.2, 0.25) is 5.91 Å². The van der Waals surface area contributed by atoms with E-state index in [-0.39, 0.29) is 24.1 Å². The molecule has 1 aliphatic rings. The zero-order valence-corrected chi connectivity index (χ0v) is 12.7. The molecule has 1 fully saturated rings.